The molecule has 0 saturated heterocycles. The number of Topliss-reactive ketones (excluding diaryl/α,β-unsaturated/α-hetero) is 1. The molecular formula is C17H14BrNO3. The number of benzene rings is 2. The first-order valence-electron chi connectivity index (χ1n) is 6.59. The molecule has 0 N–H and O–H groups in total. The Morgan fingerprint density at radius 2 is 1.86 bits per heavy atom. The van der Waals surface area contributed by atoms with E-state index in [0.717, 1.165) is 4.47 Å². The summed E-state index contributed by atoms with van der Waals surface area (Å²) in [4.78, 5) is 12.3. The Bertz CT molecular complexity index is 720. The summed E-state index contributed by atoms with van der Waals surface area (Å²) in [6.45, 7) is 1.68. The molecule has 0 spiro atoms. The summed E-state index contributed by atoms with van der Waals surface area (Å²) in [6.07, 6.45) is -0.664. The Morgan fingerprint density at radius 1 is 1.18 bits per heavy atom. The summed E-state index contributed by atoms with van der Waals surface area (Å²) in [6, 6.07) is 13.9. The van der Waals surface area contributed by atoms with Crippen molar-refractivity contribution < 1.29 is 14.3 Å². The topological polar surface area (TPSA) is 59.3 Å². The number of halogens is 1. The van der Waals surface area contributed by atoms with E-state index in [1.807, 2.05) is 18.2 Å². The molecule has 112 valence electrons. The highest BCUT2D eigenvalue weighted by molar-refractivity contribution is 9.10. The van der Waals surface area contributed by atoms with Gasteiger partial charge in [0.15, 0.2) is 17.6 Å². The molecule has 0 aromatic heterocycles. The predicted molar refractivity (Wildman–Crippen MR) is 86.3 cm³/mol. The first kappa shape index (κ1) is 16.1. The van der Waals surface area contributed by atoms with Crippen LogP contribution in [0.25, 0.3) is 0 Å². The second-order valence-electron chi connectivity index (χ2n) is 4.61. The minimum absolute atomic E-state index is 0.126. The van der Waals surface area contributed by atoms with Gasteiger partial charge in [0, 0.05) is 16.1 Å². The first-order valence-corrected chi connectivity index (χ1v) is 7.39. The van der Waals surface area contributed by atoms with E-state index < -0.39 is 6.10 Å². The van der Waals surface area contributed by atoms with Gasteiger partial charge in [-0.3, -0.25) is 4.79 Å². The highest BCUT2D eigenvalue weighted by Gasteiger charge is 2.18. The standard InChI is InChI=1S/C17H14BrNO3/c1-11(17(20)13-4-6-14(18)7-5-13)22-15-8-3-12(10-19)9-16(15)21-2/h3-9,11H,1-2H3/t11-/m0/s1. The maximum Gasteiger partial charge on any atom is 0.202 e. The van der Waals surface area contributed by atoms with Crippen LogP contribution in [0, 0.1) is 11.3 Å². The van der Waals surface area contributed by atoms with Crippen LogP contribution in [0.1, 0.15) is 22.8 Å². The van der Waals surface area contributed by atoms with Crippen molar-refractivity contribution in [2.75, 3.05) is 7.11 Å². The number of rotatable bonds is 5. The zero-order chi connectivity index (χ0) is 16.1. The molecule has 5 heteroatoms. The van der Waals surface area contributed by atoms with Crippen molar-refractivity contribution in [2.24, 2.45) is 0 Å². The third kappa shape index (κ3) is 3.66. The van der Waals surface area contributed by atoms with E-state index in [-0.39, 0.29) is 5.78 Å². The molecule has 0 bridgehead atoms. The minimum Gasteiger partial charge on any atom is -0.493 e. The average molecular weight is 360 g/mol. The maximum absolute atomic E-state index is 12.3. The summed E-state index contributed by atoms with van der Waals surface area (Å²) >= 11 is 3.33. The molecule has 2 rings (SSSR count). The van der Waals surface area contributed by atoms with E-state index >= 15 is 0 Å². The Morgan fingerprint density at radius 3 is 2.45 bits per heavy atom. The van der Waals surface area contributed by atoms with Crippen LogP contribution in [0.5, 0.6) is 11.5 Å². The van der Waals surface area contributed by atoms with Crippen LogP contribution >= 0.6 is 15.9 Å². The number of hydrogen-bond acceptors (Lipinski definition) is 4. The number of ether oxygens (including phenoxy) is 2. The molecule has 0 unspecified atom stereocenters. The normalized spacial score (nSPS) is 11.4. The van der Waals surface area contributed by atoms with Gasteiger partial charge in [-0.25, -0.2) is 0 Å². The van der Waals surface area contributed by atoms with E-state index in [1.54, 1.807) is 37.3 Å². The van der Waals surface area contributed by atoms with Gasteiger partial charge in [-0.2, -0.15) is 5.26 Å². The van der Waals surface area contributed by atoms with Gasteiger partial charge in [-0.1, -0.05) is 28.1 Å². The van der Waals surface area contributed by atoms with Crippen molar-refractivity contribution in [2.45, 2.75) is 13.0 Å². The number of hydrogen-bond donors (Lipinski definition) is 0. The van der Waals surface area contributed by atoms with Crippen molar-refractivity contribution in [3.8, 4) is 17.6 Å². The molecule has 0 saturated carbocycles. The Kier molecular flexibility index (Phi) is 5.18. The van der Waals surface area contributed by atoms with Gasteiger partial charge < -0.3 is 9.47 Å². The van der Waals surface area contributed by atoms with Gasteiger partial charge in [0.1, 0.15) is 0 Å². The van der Waals surface area contributed by atoms with Crippen LogP contribution in [0.3, 0.4) is 0 Å². The Balaban J connectivity index is 2.18. The van der Waals surface area contributed by atoms with Crippen LogP contribution < -0.4 is 9.47 Å². The molecule has 0 amide bonds. The zero-order valence-electron chi connectivity index (χ0n) is 12.2. The van der Waals surface area contributed by atoms with Crippen molar-refractivity contribution >= 4 is 21.7 Å². The van der Waals surface area contributed by atoms with Crippen molar-refractivity contribution in [3.05, 3.63) is 58.1 Å². The molecule has 4 nitrogen and oxygen atoms in total. The second-order valence-corrected chi connectivity index (χ2v) is 5.52. The molecule has 0 fully saturated rings. The van der Waals surface area contributed by atoms with E-state index in [4.69, 9.17) is 14.7 Å². The molecule has 2 aromatic rings. The average Bonchev–Trinajstić information content (AvgIpc) is 2.55. The van der Waals surface area contributed by atoms with Crippen molar-refractivity contribution in [1.82, 2.24) is 0 Å². The lowest BCUT2D eigenvalue weighted by atomic mass is 10.1. The molecule has 0 radical (unpaired) electrons. The number of ketones is 1. The summed E-state index contributed by atoms with van der Waals surface area (Å²) < 4.78 is 11.8. The lowest BCUT2D eigenvalue weighted by molar-refractivity contribution is 0.0814. The van der Waals surface area contributed by atoms with E-state index in [1.165, 1.54) is 7.11 Å². The number of methoxy groups -OCH3 is 1. The summed E-state index contributed by atoms with van der Waals surface area (Å²) in [5.41, 5.74) is 1.04. The summed E-state index contributed by atoms with van der Waals surface area (Å²) in [5, 5.41) is 8.89. The molecule has 0 heterocycles. The van der Waals surface area contributed by atoms with Gasteiger partial charge in [-0.05, 0) is 31.2 Å². The van der Waals surface area contributed by atoms with Crippen LogP contribution in [-0.4, -0.2) is 19.0 Å². The van der Waals surface area contributed by atoms with Gasteiger partial charge >= 0.3 is 0 Å². The van der Waals surface area contributed by atoms with Crippen molar-refractivity contribution in [1.29, 1.82) is 5.26 Å². The van der Waals surface area contributed by atoms with E-state index in [9.17, 15) is 4.79 Å². The van der Waals surface area contributed by atoms with Crippen LogP contribution in [0.15, 0.2) is 46.9 Å². The van der Waals surface area contributed by atoms with Crippen LogP contribution in [0.4, 0.5) is 0 Å². The smallest absolute Gasteiger partial charge is 0.202 e. The largest absolute Gasteiger partial charge is 0.493 e. The lowest BCUT2D eigenvalue weighted by Crippen LogP contribution is -2.24. The van der Waals surface area contributed by atoms with Gasteiger partial charge in [0.05, 0.1) is 18.7 Å². The fourth-order valence-corrected chi connectivity index (χ4v) is 2.19. The number of carbonyl (C=O) groups excluding carboxylic acids is 1. The molecule has 2 aromatic carbocycles. The third-order valence-electron chi connectivity index (χ3n) is 3.09. The third-order valence-corrected chi connectivity index (χ3v) is 3.62. The minimum atomic E-state index is -0.664. The summed E-state index contributed by atoms with van der Waals surface area (Å²) in [5.74, 6) is 0.730. The van der Waals surface area contributed by atoms with E-state index in [2.05, 4.69) is 15.9 Å². The molecule has 0 aliphatic carbocycles. The lowest BCUT2D eigenvalue weighted by Gasteiger charge is -2.16. The van der Waals surface area contributed by atoms with Gasteiger partial charge in [0.2, 0.25) is 5.78 Å². The molecule has 22 heavy (non-hydrogen) atoms. The molecule has 0 aliphatic heterocycles. The monoisotopic (exact) mass is 359 g/mol. The fourth-order valence-electron chi connectivity index (χ4n) is 1.93. The Labute approximate surface area is 137 Å². The van der Waals surface area contributed by atoms with Gasteiger partial charge in [-0.15, -0.1) is 0 Å². The highest BCUT2D eigenvalue weighted by atomic mass is 79.9. The second kappa shape index (κ2) is 7.10. The molecule has 1 atom stereocenters. The first-order chi connectivity index (χ1) is 10.5. The maximum atomic E-state index is 12.3. The molecular weight excluding hydrogens is 346 g/mol. The summed E-state index contributed by atoms with van der Waals surface area (Å²) in [7, 11) is 1.49. The number of nitriles is 1. The Hall–Kier alpha value is -2.32. The zero-order valence-corrected chi connectivity index (χ0v) is 13.8. The number of nitrogens with zero attached hydrogens (tertiary/aromatic N) is 1. The predicted octanol–water partition coefficient (Wildman–Crippen LogP) is 3.98. The SMILES string of the molecule is COc1cc(C#N)ccc1O[C@@H](C)C(=O)c1ccc(Br)cc1. The van der Waals surface area contributed by atoms with Gasteiger partial charge in [0.25, 0.3) is 0 Å². The fraction of sp³-hybridized carbons (Fsp3) is 0.176. The molecule has 0 aliphatic rings. The van der Waals surface area contributed by atoms with E-state index in [0.29, 0.717) is 22.6 Å². The van der Waals surface area contributed by atoms with Crippen LogP contribution in [0.2, 0.25) is 0 Å². The van der Waals surface area contributed by atoms with Crippen LogP contribution in [-0.2, 0) is 0 Å². The number of carbonyl (C=O) groups is 1. The highest BCUT2D eigenvalue weighted by Crippen LogP contribution is 2.29. The quantitative estimate of drug-likeness (QED) is 0.757. The van der Waals surface area contributed by atoms with Crippen molar-refractivity contribution in [3.63, 3.8) is 0 Å².